The summed E-state index contributed by atoms with van der Waals surface area (Å²) in [4.78, 5) is 15.8. The average molecular weight is 339 g/mol. The fraction of sp³-hybridized carbons (Fsp3) is 0.0769. The molecule has 3 N–H and O–H groups in total. The maximum Gasteiger partial charge on any atom is 0.354 e. The van der Waals surface area contributed by atoms with Crippen molar-refractivity contribution in [3.63, 3.8) is 0 Å². The van der Waals surface area contributed by atoms with Gasteiger partial charge in [0.1, 0.15) is 5.69 Å². The topological polar surface area (TPSA) is 76.2 Å². The van der Waals surface area contributed by atoms with Gasteiger partial charge >= 0.3 is 5.97 Å². The zero-order valence-corrected chi connectivity index (χ0v) is 12.2. The number of pyridine rings is 1. The van der Waals surface area contributed by atoms with Crippen molar-refractivity contribution in [2.24, 2.45) is 0 Å². The lowest BCUT2D eigenvalue weighted by Crippen LogP contribution is -2.01. The lowest BCUT2D eigenvalue weighted by atomic mass is 10.3. The summed E-state index contributed by atoms with van der Waals surface area (Å²) >= 11 is 4.92. The third-order valence-corrected chi connectivity index (χ3v) is 3.97. The number of nitrogens with two attached hydrogens (primary N) is 1. The molecule has 0 atom stereocenters. The first-order valence-electron chi connectivity index (χ1n) is 5.43. The van der Waals surface area contributed by atoms with Gasteiger partial charge in [0.2, 0.25) is 0 Å². The number of aromatic carboxylic acids is 1. The van der Waals surface area contributed by atoms with E-state index in [9.17, 15) is 4.79 Å². The van der Waals surface area contributed by atoms with Crippen LogP contribution in [0.25, 0.3) is 0 Å². The zero-order chi connectivity index (χ0) is 13.8. The first-order chi connectivity index (χ1) is 9.06. The highest BCUT2D eigenvalue weighted by atomic mass is 79.9. The molecule has 0 bridgehead atoms. The van der Waals surface area contributed by atoms with E-state index in [4.69, 9.17) is 10.8 Å². The van der Waals surface area contributed by atoms with Crippen LogP contribution in [0.5, 0.6) is 0 Å². The van der Waals surface area contributed by atoms with Gasteiger partial charge in [-0.3, -0.25) is 0 Å². The molecule has 0 fully saturated rings. The van der Waals surface area contributed by atoms with Gasteiger partial charge < -0.3 is 10.8 Å². The molecule has 19 heavy (non-hydrogen) atoms. The van der Waals surface area contributed by atoms with Crippen LogP contribution in [0.2, 0.25) is 0 Å². The number of carbonyl (C=O) groups is 1. The Balaban J connectivity index is 2.12. The molecule has 0 saturated heterocycles. The first-order valence-corrected chi connectivity index (χ1v) is 7.21. The molecule has 98 valence electrons. The third kappa shape index (κ3) is 3.71. The van der Waals surface area contributed by atoms with Crippen LogP contribution < -0.4 is 5.73 Å². The maximum absolute atomic E-state index is 10.8. The minimum atomic E-state index is -1.02. The number of nitrogen functional groups attached to an aromatic ring is 1. The van der Waals surface area contributed by atoms with E-state index in [1.807, 2.05) is 18.2 Å². The molecule has 1 aromatic carbocycles. The standard InChI is InChI=1S/C13H11BrN2O2S/c14-8-4-5-10(15)12(6-8)19-7-9-2-1-3-11(16-9)13(17)18/h1-6H,7,15H2,(H,17,18). The Morgan fingerprint density at radius 3 is 2.89 bits per heavy atom. The van der Waals surface area contributed by atoms with Crippen molar-refractivity contribution in [3.05, 3.63) is 52.3 Å². The lowest BCUT2D eigenvalue weighted by molar-refractivity contribution is 0.0690. The summed E-state index contributed by atoms with van der Waals surface area (Å²) in [5, 5.41) is 8.88. The molecule has 4 nitrogen and oxygen atoms in total. The van der Waals surface area contributed by atoms with Crippen molar-refractivity contribution in [1.82, 2.24) is 4.98 Å². The molecule has 1 aromatic heterocycles. The average Bonchev–Trinajstić information content (AvgIpc) is 2.40. The monoisotopic (exact) mass is 338 g/mol. The summed E-state index contributed by atoms with van der Waals surface area (Å²) < 4.78 is 0.955. The van der Waals surface area contributed by atoms with Crippen molar-refractivity contribution >= 4 is 39.3 Å². The van der Waals surface area contributed by atoms with E-state index >= 15 is 0 Å². The van der Waals surface area contributed by atoms with Gasteiger partial charge in [-0.2, -0.15) is 0 Å². The van der Waals surface area contributed by atoms with Gasteiger partial charge in [-0.25, -0.2) is 9.78 Å². The Hall–Kier alpha value is -1.53. The fourth-order valence-electron chi connectivity index (χ4n) is 1.46. The number of rotatable bonds is 4. The number of nitrogens with zero attached hydrogens (tertiary/aromatic N) is 1. The van der Waals surface area contributed by atoms with Crippen LogP contribution in [0.3, 0.4) is 0 Å². The normalized spacial score (nSPS) is 10.4. The smallest absolute Gasteiger partial charge is 0.354 e. The molecule has 0 unspecified atom stereocenters. The molecule has 0 spiro atoms. The number of thioether (sulfide) groups is 1. The molecular weight excluding hydrogens is 328 g/mol. The number of hydrogen-bond donors (Lipinski definition) is 2. The SMILES string of the molecule is Nc1ccc(Br)cc1SCc1cccc(C(=O)O)n1. The second-order valence-electron chi connectivity index (χ2n) is 3.79. The molecule has 2 rings (SSSR count). The second kappa shape index (κ2) is 6.08. The molecule has 0 radical (unpaired) electrons. The highest BCUT2D eigenvalue weighted by Gasteiger charge is 2.06. The summed E-state index contributed by atoms with van der Waals surface area (Å²) in [6.45, 7) is 0. The van der Waals surface area contributed by atoms with Crippen molar-refractivity contribution in [2.45, 2.75) is 10.6 Å². The van der Waals surface area contributed by atoms with Crippen molar-refractivity contribution in [1.29, 1.82) is 0 Å². The number of aromatic nitrogens is 1. The van der Waals surface area contributed by atoms with Crippen LogP contribution in [0.1, 0.15) is 16.2 Å². The summed E-state index contributed by atoms with van der Waals surface area (Å²) in [5.74, 6) is -0.448. The predicted octanol–water partition coefficient (Wildman–Crippen LogP) is 3.42. The quantitative estimate of drug-likeness (QED) is 0.659. The molecule has 1 heterocycles. The summed E-state index contributed by atoms with van der Waals surface area (Å²) in [7, 11) is 0. The minimum absolute atomic E-state index is 0.0558. The summed E-state index contributed by atoms with van der Waals surface area (Å²) in [6.07, 6.45) is 0. The van der Waals surface area contributed by atoms with E-state index in [-0.39, 0.29) is 5.69 Å². The Morgan fingerprint density at radius 1 is 1.37 bits per heavy atom. The summed E-state index contributed by atoms with van der Waals surface area (Å²) in [5.41, 5.74) is 7.34. The largest absolute Gasteiger partial charge is 0.477 e. The highest BCUT2D eigenvalue weighted by Crippen LogP contribution is 2.30. The van der Waals surface area contributed by atoms with Crippen LogP contribution in [-0.4, -0.2) is 16.1 Å². The number of carboxylic acid groups (broad SMARTS) is 1. The van der Waals surface area contributed by atoms with Gasteiger partial charge in [0, 0.05) is 20.8 Å². The molecule has 6 heteroatoms. The third-order valence-electron chi connectivity index (χ3n) is 2.38. The Kier molecular flexibility index (Phi) is 4.44. The van der Waals surface area contributed by atoms with Crippen LogP contribution >= 0.6 is 27.7 Å². The molecule has 0 aliphatic rings. The van der Waals surface area contributed by atoms with Gasteiger partial charge in [0.25, 0.3) is 0 Å². The number of hydrogen-bond acceptors (Lipinski definition) is 4. The van der Waals surface area contributed by atoms with Gasteiger partial charge in [-0.05, 0) is 30.3 Å². The van der Waals surface area contributed by atoms with Gasteiger partial charge in [-0.1, -0.05) is 22.0 Å². The number of carboxylic acids is 1. The van der Waals surface area contributed by atoms with Gasteiger partial charge in [0.05, 0.1) is 5.69 Å². The van der Waals surface area contributed by atoms with E-state index in [1.165, 1.54) is 17.8 Å². The highest BCUT2D eigenvalue weighted by molar-refractivity contribution is 9.10. The van der Waals surface area contributed by atoms with Crippen LogP contribution in [0, 0.1) is 0 Å². The predicted molar refractivity (Wildman–Crippen MR) is 79.3 cm³/mol. The van der Waals surface area contributed by atoms with E-state index < -0.39 is 5.97 Å². The Morgan fingerprint density at radius 2 is 2.16 bits per heavy atom. The maximum atomic E-state index is 10.8. The second-order valence-corrected chi connectivity index (χ2v) is 5.72. The Labute approximate surface area is 123 Å². The Bertz CT molecular complexity index is 619. The van der Waals surface area contributed by atoms with Crippen LogP contribution in [0.15, 0.2) is 45.8 Å². The zero-order valence-electron chi connectivity index (χ0n) is 9.84. The summed E-state index contributed by atoms with van der Waals surface area (Å²) in [6, 6.07) is 10.6. The van der Waals surface area contributed by atoms with E-state index in [0.717, 1.165) is 9.37 Å². The molecule has 0 amide bonds. The van der Waals surface area contributed by atoms with Crippen LogP contribution in [-0.2, 0) is 5.75 Å². The van der Waals surface area contributed by atoms with Gasteiger partial charge in [-0.15, -0.1) is 11.8 Å². The van der Waals surface area contributed by atoms with Crippen LogP contribution in [0.4, 0.5) is 5.69 Å². The molecule has 0 aliphatic heterocycles. The number of benzene rings is 1. The van der Waals surface area contributed by atoms with Crippen molar-refractivity contribution in [2.75, 3.05) is 5.73 Å². The lowest BCUT2D eigenvalue weighted by Gasteiger charge is -2.06. The fourth-order valence-corrected chi connectivity index (χ4v) is 2.89. The van der Waals surface area contributed by atoms with Crippen molar-refractivity contribution in [3.8, 4) is 0 Å². The number of halogens is 1. The minimum Gasteiger partial charge on any atom is -0.477 e. The molecule has 0 aliphatic carbocycles. The first kappa shape index (κ1) is 13.9. The van der Waals surface area contributed by atoms with E-state index in [0.29, 0.717) is 17.1 Å². The van der Waals surface area contributed by atoms with Gasteiger partial charge in [0.15, 0.2) is 0 Å². The van der Waals surface area contributed by atoms with E-state index in [2.05, 4.69) is 20.9 Å². The van der Waals surface area contributed by atoms with Crippen molar-refractivity contribution < 1.29 is 9.90 Å². The molecular formula is C13H11BrN2O2S. The number of anilines is 1. The molecule has 2 aromatic rings. The van der Waals surface area contributed by atoms with E-state index in [1.54, 1.807) is 12.1 Å². The molecule has 0 saturated carbocycles.